The van der Waals surface area contributed by atoms with Gasteiger partial charge in [0.25, 0.3) is 0 Å². The van der Waals surface area contributed by atoms with Gasteiger partial charge in [-0.15, -0.1) is 11.8 Å². The molecule has 4 nitrogen and oxygen atoms in total. The zero-order valence-electron chi connectivity index (χ0n) is 10.9. The molecule has 18 heavy (non-hydrogen) atoms. The number of thioether (sulfide) groups is 1. The Morgan fingerprint density at radius 3 is 2.72 bits per heavy atom. The summed E-state index contributed by atoms with van der Waals surface area (Å²) in [7, 11) is 0. The first kappa shape index (κ1) is 12.8. The molecule has 5 heteroatoms. The minimum atomic E-state index is 0.0788. The minimum absolute atomic E-state index is 0.0788. The molecule has 1 N–H and O–H groups in total. The summed E-state index contributed by atoms with van der Waals surface area (Å²) in [6, 6.07) is 0.707. The highest BCUT2D eigenvalue weighted by atomic mass is 32.2. The van der Waals surface area contributed by atoms with Gasteiger partial charge in [-0.05, 0) is 32.4 Å². The Kier molecular flexibility index (Phi) is 4.11. The van der Waals surface area contributed by atoms with Crippen LogP contribution in [0.5, 0.6) is 0 Å². The molecular weight excluding hydrogens is 246 g/mol. The topological polar surface area (TPSA) is 35.6 Å². The third kappa shape index (κ3) is 2.68. The van der Waals surface area contributed by atoms with Crippen molar-refractivity contribution in [2.24, 2.45) is 0 Å². The van der Waals surface area contributed by atoms with Crippen LogP contribution in [0.3, 0.4) is 0 Å². The van der Waals surface area contributed by atoms with Crippen LogP contribution in [0.2, 0.25) is 0 Å². The summed E-state index contributed by atoms with van der Waals surface area (Å²) in [5, 5.41) is 3.29. The molecule has 2 unspecified atom stereocenters. The molecule has 0 radical (unpaired) electrons. The van der Waals surface area contributed by atoms with Gasteiger partial charge in [0.1, 0.15) is 0 Å². The summed E-state index contributed by atoms with van der Waals surface area (Å²) in [6.07, 6.45) is 5.23. The summed E-state index contributed by atoms with van der Waals surface area (Å²) < 4.78 is 0. The van der Waals surface area contributed by atoms with Crippen LogP contribution in [0.1, 0.15) is 25.7 Å². The van der Waals surface area contributed by atoms with Crippen molar-refractivity contribution >= 4 is 17.7 Å². The van der Waals surface area contributed by atoms with Crippen molar-refractivity contribution in [3.8, 4) is 0 Å². The molecule has 0 saturated carbocycles. The third-order valence-electron chi connectivity index (χ3n) is 4.40. The van der Waals surface area contributed by atoms with E-state index in [4.69, 9.17) is 0 Å². The van der Waals surface area contributed by atoms with Gasteiger partial charge in [0.05, 0.1) is 6.04 Å². The van der Waals surface area contributed by atoms with Crippen LogP contribution < -0.4 is 5.32 Å². The molecule has 3 aliphatic rings. The molecule has 3 saturated heterocycles. The van der Waals surface area contributed by atoms with E-state index in [2.05, 4.69) is 15.1 Å². The van der Waals surface area contributed by atoms with Crippen molar-refractivity contribution in [3.63, 3.8) is 0 Å². The molecule has 3 heterocycles. The predicted octanol–water partition coefficient (Wildman–Crippen LogP) is 0.736. The van der Waals surface area contributed by atoms with Crippen molar-refractivity contribution in [2.45, 2.75) is 37.8 Å². The van der Waals surface area contributed by atoms with E-state index in [0.29, 0.717) is 11.9 Å². The van der Waals surface area contributed by atoms with Gasteiger partial charge in [-0.2, -0.15) is 0 Å². The van der Waals surface area contributed by atoms with E-state index in [9.17, 15) is 4.79 Å². The number of rotatable bonds is 2. The van der Waals surface area contributed by atoms with Crippen molar-refractivity contribution in [1.82, 2.24) is 15.1 Å². The van der Waals surface area contributed by atoms with Crippen LogP contribution >= 0.6 is 11.8 Å². The lowest BCUT2D eigenvalue weighted by molar-refractivity contribution is -0.131. The Balaban J connectivity index is 1.52. The van der Waals surface area contributed by atoms with Crippen LogP contribution in [0, 0.1) is 0 Å². The van der Waals surface area contributed by atoms with E-state index in [1.807, 2.05) is 11.8 Å². The number of likely N-dealkylation sites (tertiary alicyclic amines) is 2. The first-order valence-electron chi connectivity index (χ1n) is 7.18. The lowest BCUT2D eigenvalue weighted by Crippen LogP contribution is -2.46. The fraction of sp³-hybridized carbons (Fsp3) is 0.923. The molecule has 0 bridgehead atoms. The van der Waals surface area contributed by atoms with E-state index in [0.717, 1.165) is 24.7 Å². The normalized spacial score (nSPS) is 34.1. The lowest BCUT2D eigenvalue weighted by atomic mass is 10.1. The third-order valence-corrected chi connectivity index (χ3v) is 5.34. The van der Waals surface area contributed by atoms with Crippen molar-refractivity contribution in [2.75, 3.05) is 37.8 Å². The number of hydrogen-bond acceptors (Lipinski definition) is 4. The van der Waals surface area contributed by atoms with Crippen LogP contribution in [0.15, 0.2) is 0 Å². The molecule has 0 aromatic carbocycles. The Hall–Kier alpha value is -0.260. The average molecular weight is 269 g/mol. The molecule has 2 atom stereocenters. The van der Waals surface area contributed by atoms with Gasteiger partial charge in [0.15, 0.2) is 0 Å². The predicted molar refractivity (Wildman–Crippen MR) is 74.7 cm³/mol. The van der Waals surface area contributed by atoms with E-state index in [-0.39, 0.29) is 6.04 Å². The van der Waals surface area contributed by atoms with E-state index in [1.165, 1.54) is 38.8 Å². The molecule has 1 amide bonds. The number of carbonyl (C=O) groups excluding carboxylic acids is 1. The van der Waals surface area contributed by atoms with Gasteiger partial charge in [-0.25, -0.2) is 0 Å². The summed E-state index contributed by atoms with van der Waals surface area (Å²) >= 11 is 1.83. The molecule has 3 fully saturated rings. The van der Waals surface area contributed by atoms with Crippen molar-refractivity contribution in [1.29, 1.82) is 0 Å². The lowest BCUT2D eigenvalue weighted by Gasteiger charge is -2.32. The number of nitrogens with zero attached hydrogens (tertiary/aromatic N) is 2. The Morgan fingerprint density at radius 1 is 1.17 bits per heavy atom. The SMILES string of the molecule is O=C(C1CSCN1)N1CCC(N2CCCCC2)C1. The zero-order valence-corrected chi connectivity index (χ0v) is 11.8. The fourth-order valence-corrected chi connectivity index (χ4v) is 4.23. The first-order valence-corrected chi connectivity index (χ1v) is 8.34. The van der Waals surface area contributed by atoms with Crippen LogP contribution in [0.25, 0.3) is 0 Å². The second-order valence-electron chi connectivity index (χ2n) is 5.60. The van der Waals surface area contributed by atoms with Crippen molar-refractivity contribution in [3.05, 3.63) is 0 Å². The molecular formula is C13H23N3OS. The number of piperidine rings is 1. The Morgan fingerprint density at radius 2 is 2.00 bits per heavy atom. The largest absolute Gasteiger partial charge is 0.340 e. The average Bonchev–Trinajstić information content (AvgIpc) is 3.10. The molecule has 0 aromatic heterocycles. The minimum Gasteiger partial charge on any atom is -0.340 e. The standard InChI is InChI=1S/C13H23N3OS/c17-13(12-9-18-10-14-12)16-7-4-11(8-16)15-5-2-1-3-6-15/h11-12,14H,1-10H2. The maximum Gasteiger partial charge on any atom is 0.240 e. The molecule has 102 valence electrons. The van der Waals surface area contributed by atoms with Gasteiger partial charge in [0.2, 0.25) is 5.91 Å². The molecule has 3 rings (SSSR count). The van der Waals surface area contributed by atoms with E-state index >= 15 is 0 Å². The maximum absolute atomic E-state index is 12.3. The Labute approximate surface area is 113 Å². The van der Waals surface area contributed by atoms with Gasteiger partial charge >= 0.3 is 0 Å². The first-order chi connectivity index (χ1) is 8.84. The van der Waals surface area contributed by atoms with Crippen LogP contribution in [-0.4, -0.2) is 65.6 Å². The number of amides is 1. The quantitative estimate of drug-likeness (QED) is 0.802. The zero-order chi connectivity index (χ0) is 12.4. The van der Waals surface area contributed by atoms with Gasteiger partial charge in [-0.3, -0.25) is 15.0 Å². The van der Waals surface area contributed by atoms with E-state index in [1.54, 1.807) is 0 Å². The molecule has 0 aromatic rings. The summed E-state index contributed by atoms with van der Waals surface area (Å²) in [4.78, 5) is 17.0. The maximum atomic E-state index is 12.3. The summed E-state index contributed by atoms with van der Waals surface area (Å²) in [5.41, 5.74) is 0. The monoisotopic (exact) mass is 269 g/mol. The molecule has 3 aliphatic heterocycles. The highest BCUT2D eigenvalue weighted by Crippen LogP contribution is 2.22. The second kappa shape index (κ2) is 5.80. The van der Waals surface area contributed by atoms with Crippen LogP contribution in [-0.2, 0) is 4.79 Å². The smallest absolute Gasteiger partial charge is 0.240 e. The number of nitrogens with one attached hydrogen (secondary N) is 1. The number of hydrogen-bond donors (Lipinski definition) is 1. The Bertz CT molecular complexity index is 301. The van der Waals surface area contributed by atoms with Gasteiger partial charge in [-0.1, -0.05) is 6.42 Å². The highest BCUT2D eigenvalue weighted by Gasteiger charge is 2.34. The van der Waals surface area contributed by atoms with Gasteiger partial charge in [0, 0.05) is 30.8 Å². The molecule has 0 aliphatic carbocycles. The van der Waals surface area contributed by atoms with E-state index < -0.39 is 0 Å². The van der Waals surface area contributed by atoms with Gasteiger partial charge < -0.3 is 4.90 Å². The highest BCUT2D eigenvalue weighted by molar-refractivity contribution is 7.99. The fourth-order valence-electron chi connectivity index (χ4n) is 3.30. The summed E-state index contributed by atoms with van der Waals surface area (Å²) in [5.74, 6) is 2.21. The second-order valence-corrected chi connectivity index (χ2v) is 6.63. The number of carbonyl (C=O) groups is 1. The van der Waals surface area contributed by atoms with Crippen LogP contribution in [0.4, 0.5) is 0 Å². The molecule has 0 spiro atoms. The summed E-state index contributed by atoms with van der Waals surface area (Å²) in [6.45, 7) is 4.40. The van der Waals surface area contributed by atoms with Crippen molar-refractivity contribution < 1.29 is 4.79 Å².